The molecule has 1 aromatic rings. The number of hydrogen-bond acceptors (Lipinski definition) is 6. The van der Waals surface area contributed by atoms with Crippen LogP contribution < -0.4 is 20.7 Å². The lowest BCUT2D eigenvalue weighted by Gasteiger charge is -2.30. The van der Waals surface area contributed by atoms with E-state index in [1.165, 1.54) is 17.0 Å². The van der Waals surface area contributed by atoms with Crippen LogP contribution in [0.1, 0.15) is 20.8 Å². The van der Waals surface area contributed by atoms with Crippen LogP contribution in [0.2, 0.25) is 0 Å². The van der Waals surface area contributed by atoms with Gasteiger partial charge in [-0.3, -0.25) is 14.5 Å². The van der Waals surface area contributed by atoms with Gasteiger partial charge in [0.1, 0.15) is 12.6 Å². The number of hydrogen-bond donors (Lipinski definition) is 2. The van der Waals surface area contributed by atoms with Crippen molar-refractivity contribution in [2.45, 2.75) is 33.4 Å². The van der Waals surface area contributed by atoms with Gasteiger partial charge < -0.3 is 25.4 Å². The normalized spacial score (nSPS) is 15.8. The standard InChI is InChI=1S/C20H30F2N4O4/c1-4-25(11-13(2)3)16(10-23)19(28)24-14-5-6-15(17(9-14)30-20(21)22)26-7-8-29-12-18(26)27/h5-6,9,13,16,20H,4,7-8,10-12,23H2,1-3H3,(H,24,28)/t16-/m1/s1. The van der Waals surface area contributed by atoms with Crippen LogP contribution in [0.3, 0.4) is 0 Å². The summed E-state index contributed by atoms with van der Waals surface area (Å²) in [5.41, 5.74) is 6.31. The average molecular weight is 428 g/mol. The van der Waals surface area contributed by atoms with Crippen molar-refractivity contribution in [1.82, 2.24) is 4.90 Å². The van der Waals surface area contributed by atoms with E-state index in [9.17, 15) is 18.4 Å². The predicted octanol–water partition coefficient (Wildman–Crippen LogP) is 1.89. The van der Waals surface area contributed by atoms with E-state index in [1.807, 2.05) is 25.7 Å². The van der Waals surface area contributed by atoms with Gasteiger partial charge in [-0.1, -0.05) is 20.8 Å². The van der Waals surface area contributed by atoms with Gasteiger partial charge in [-0.2, -0.15) is 8.78 Å². The smallest absolute Gasteiger partial charge is 0.387 e. The summed E-state index contributed by atoms with van der Waals surface area (Å²) in [5, 5.41) is 2.72. The van der Waals surface area contributed by atoms with Crippen molar-refractivity contribution >= 4 is 23.2 Å². The van der Waals surface area contributed by atoms with Crippen molar-refractivity contribution in [2.75, 3.05) is 49.6 Å². The fourth-order valence-electron chi connectivity index (χ4n) is 3.37. The average Bonchev–Trinajstić information content (AvgIpc) is 2.68. The second kappa shape index (κ2) is 11.2. The molecule has 0 spiro atoms. The quantitative estimate of drug-likeness (QED) is 0.591. The lowest BCUT2D eigenvalue weighted by Crippen LogP contribution is -2.49. The van der Waals surface area contributed by atoms with Crippen LogP contribution in [0.25, 0.3) is 0 Å². The van der Waals surface area contributed by atoms with E-state index in [4.69, 9.17) is 10.5 Å². The number of nitrogens with one attached hydrogen (secondary N) is 1. The molecule has 1 heterocycles. The number of nitrogens with zero attached hydrogens (tertiary/aromatic N) is 2. The lowest BCUT2D eigenvalue weighted by molar-refractivity contribution is -0.126. The number of rotatable bonds is 10. The lowest BCUT2D eigenvalue weighted by atomic mass is 10.1. The second-order valence-corrected chi connectivity index (χ2v) is 7.38. The molecule has 1 fully saturated rings. The summed E-state index contributed by atoms with van der Waals surface area (Å²) in [4.78, 5) is 28.2. The third-order valence-electron chi connectivity index (χ3n) is 4.69. The van der Waals surface area contributed by atoms with Crippen molar-refractivity contribution in [2.24, 2.45) is 11.7 Å². The number of morpholine rings is 1. The summed E-state index contributed by atoms with van der Waals surface area (Å²) in [5.74, 6) is -0.536. The number of likely N-dealkylation sites (N-methyl/N-ethyl adjacent to an activating group) is 1. The maximum atomic E-state index is 13.0. The molecular formula is C20H30F2N4O4. The Labute approximate surface area is 175 Å². The minimum atomic E-state index is -3.08. The molecule has 0 saturated carbocycles. The molecule has 0 aliphatic carbocycles. The molecule has 1 aromatic carbocycles. The van der Waals surface area contributed by atoms with Gasteiger partial charge in [-0.25, -0.2) is 0 Å². The molecule has 0 aromatic heterocycles. The van der Waals surface area contributed by atoms with Crippen LogP contribution in [0.4, 0.5) is 20.2 Å². The number of benzene rings is 1. The molecule has 8 nitrogen and oxygen atoms in total. The van der Waals surface area contributed by atoms with Crippen molar-refractivity contribution < 1.29 is 27.8 Å². The summed E-state index contributed by atoms with van der Waals surface area (Å²) >= 11 is 0. The first kappa shape index (κ1) is 24.0. The SMILES string of the molecule is CCN(CC(C)C)[C@H](CN)C(=O)Nc1ccc(N2CCOCC2=O)c(OC(F)F)c1. The molecule has 10 heteroatoms. The Kier molecular flexibility index (Phi) is 8.94. The molecule has 168 valence electrons. The molecular weight excluding hydrogens is 398 g/mol. The molecule has 3 N–H and O–H groups in total. The Bertz CT molecular complexity index is 733. The zero-order chi connectivity index (χ0) is 22.3. The number of ether oxygens (including phenoxy) is 2. The van der Waals surface area contributed by atoms with E-state index < -0.39 is 12.7 Å². The highest BCUT2D eigenvalue weighted by Gasteiger charge is 2.27. The van der Waals surface area contributed by atoms with E-state index in [1.54, 1.807) is 6.07 Å². The number of alkyl halides is 2. The Morgan fingerprint density at radius 2 is 2.13 bits per heavy atom. The Hall–Kier alpha value is -2.30. The van der Waals surface area contributed by atoms with E-state index in [2.05, 4.69) is 10.1 Å². The molecule has 1 aliphatic heterocycles. The van der Waals surface area contributed by atoms with E-state index in [-0.39, 0.29) is 48.6 Å². The monoisotopic (exact) mass is 428 g/mol. The first-order valence-corrected chi connectivity index (χ1v) is 9.98. The fraction of sp³-hybridized carbons (Fsp3) is 0.600. The highest BCUT2D eigenvalue weighted by Crippen LogP contribution is 2.33. The van der Waals surface area contributed by atoms with Crippen molar-refractivity contribution in [3.63, 3.8) is 0 Å². The third-order valence-corrected chi connectivity index (χ3v) is 4.69. The van der Waals surface area contributed by atoms with Crippen LogP contribution >= 0.6 is 0 Å². The fourth-order valence-corrected chi connectivity index (χ4v) is 3.37. The van der Waals surface area contributed by atoms with Crippen LogP contribution in [0.5, 0.6) is 5.75 Å². The summed E-state index contributed by atoms with van der Waals surface area (Å²) < 4.78 is 35.6. The number of nitrogens with two attached hydrogens (primary N) is 1. The van der Waals surface area contributed by atoms with Crippen molar-refractivity contribution in [3.05, 3.63) is 18.2 Å². The Morgan fingerprint density at radius 3 is 2.70 bits per heavy atom. The molecule has 1 aliphatic rings. The highest BCUT2D eigenvalue weighted by molar-refractivity contribution is 5.98. The maximum Gasteiger partial charge on any atom is 0.387 e. The molecule has 0 radical (unpaired) electrons. The van der Waals surface area contributed by atoms with E-state index >= 15 is 0 Å². The molecule has 0 unspecified atom stereocenters. The van der Waals surface area contributed by atoms with Gasteiger partial charge in [-0.05, 0) is 24.6 Å². The number of halogens is 2. The Balaban J connectivity index is 2.24. The van der Waals surface area contributed by atoms with Crippen molar-refractivity contribution in [1.29, 1.82) is 0 Å². The van der Waals surface area contributed by atoms with E-state index in [0.717, 1.165) is 0 Å². The Morgan fingerprint density at radius 1 is 1.40 bits per heavy atom. The summed E-state index contributed by atoms with van der Waals surface area (Å²) in [6, 6.07) is 3.74. The first-order chi connectivity index (χ1) is 14.3. The minimum Gasteiger partial charge on any atom is -0.433 e. The second-order valence-electron chi connectivity index (χ2n) is 7.38. The largest absolute Gasteiger partial charge is 0.433 e. The van der Waals surface area contributed by atoms with Gasteiger partial charge in [0.05, 0.1) is 12.3 Å². The molecule has 1 saturated heterocycles. The minimum absolute atomic E-state index is 0.118. The van der Waals surface area contributed by atoms with Crippen LogP contribution in [0.15, 0.2) is 18.2 Å². The molecule has 1 atom stereocenters. The van der Waals surface area contributed by atoms with Gasteiger partial charge in [0.2, 0.25) is 5.91 Å². The zero-order valence-corrected chi connectivity index (χ0v) is 17.6. The van der Waals surface area contributed by atoms with Crippen molar-refractivity contribution in [3.8, 4) is 5.75 Å². The van der Waals surface area contributed by atoms with Crippen LogP contribution in [-0.4, -0.2) is 68.8 Å². The molecule has 2 amide bonds. The van der Waals surface area contributed by atoms with E-state index in [0.29, 0.717) is 25.6 Å². The van der Waals surface area contributed by atoms with Gasteiger partial charge >= 0.3 is 6.61 Å². The van der Waals surface area contributed by atoms with Gasteiger partial charge in [0, 0.05) is 31.4 Å². The zero-order valence-electron chi connectivity index (χ0n) is 17.6. The number of amides is 2. The number of carbonyl (C=O) groups is 2. The summed E-state index contributed by atoms with van der Waals surface area (Å²) in [6.45, 7) is 4.81. The van der Waals surface area contributed by atoms with Crippen LogP contribution in [0, 0.1) is 5.92 Å². The van der Waals surface area contributed by atoms with Gasteiger partial charge in [-0.15, -0.1) is 0 Å². The van der Waals surface area contributed by atoms with Crippen LogP contribution in [-0.2, 0) is 14.3 Å². The molecule has 2 rings (SSSR count). The topological polar surface area (TPSA) is 97.1 Å². The number of anilines is 2. The third kappa shape index (κ3) is 6.35. The molecule has 0 bridgehead atoms. The van der Waals surface area contributed by atoms with Gasteiger partial charge in [0.25, 0.3) is 5.91 Å². The molecule has 30 heavy (non-hydrogen) atoms. The summed E-state index contributed by atoms with van der Waals surface area (Å²) in [6.07, 6.45) is 0. The first-order valence-electron chi connectivity index (χ1n) is 9.98. The number of carbonyl (C=O) groups excluding carboxylic acids is 2. The van der Waals surface area contributed by atoms with Gasteiger partial charge in [0.15, 0.2) is 5.75 Å². The summed E-state index contributed by atoms with van der Waals surface area (Å²) in [7, 11) is 0. The predicted molar refractivity (Wildman–Crippen MR) is 110 cm³/mol. The maximum absolute atomic E-state index is 13.0. The highest BCUT2D eigenvalue weighted by atomic mass is 19.3.